The molecule has 3 N–H and O–H groups in total. The van der Waals surface area contributed by atoms with Crippen LogP contribution in [0.1, 0.15) is 19.8 Å². The highest BCUT2D eigenvalue weighted by molar-refractivity contribution is 9.11. The predicted molar refractivity (Wildman–Crippen MR) is 83.0 cm³/mol. The van der Waals surface area contributed by atoms with Crippen LogP contribution in [0, 0.1) is 5.92 Å². The van der Waals surface area contributed by atoms with Crippen LogP contribution in [0.25, 0.3) is 0 Å². The summed E-state index contributed by atoms with van der Waals surface area (Å²) >= 11 is 6.82. The lowest BCUT2D eigenvalue weighted by atomic mass is 9.98. The van der Waals surface area contributed by atoms with Gasteiger partial charge in [0, 0.05) is 21.2 Å². The van der Waals surface area contributed by atoms with Crippen molar-refractivity contribution in [2.24, 2.45) is 5.92 Å². The summed E-state index contributed by atoms with van der Waals surface area (Å²) in [7, 11) is 0. The molecule has 1 aromatic carbocycles. The summed E-state index contributed by atoms with van der Waals surface area (Å²) in [6, 6.07) is 3.53. The smallest absolute Gasteiger partial charge is 0.230 e. The van der Waals surface area contributed by atoms with Crippen LogP contribution in [-0.2, 0) is 9.53 Å². The number of nitrogens with two attached hydrogens (primary N) is 1. The molecule has 0 spiro atoms. The Morgan fingerprint density at radius 2 is 2.11 bits per heavy atom. The van der Waals surface area contributed by atoms with Gasteiger partial charge in [0.15, 0.2) is 0 Å². The van der Waals surface area contributed by atoms with E-state index in [-0.39, 0.29) is 17.9 Å². The first-order valence-corrected chi connectivity index (χ1v) is 7.78. The maximum atomic E-state index is 12.3. The number of hydrogen-bond acceptors (Lipinski definition) is 3. The number of rotatable bonds is 3. The maximum absolute atomic E-state index is 12.3. The molecule has 1 saturated heterocycles. The number of amides is 1. The molecular formula is C13H16Br2N2O2. The molecule has 0 aliphatic carbocycles. The molecule has 1 aliphatic rings. The van der Waals surface area contributed by atoms with Crippen LogP contribution in [-0.4, -0.2) is 18.6 Å². The molecule has 1 aliphatic heterocycles. The predicted octanol–water partition coefficient (Wildman–Crippen LogP) is 3.55. The van der Waals surface area contributed by atoms with Crippen LogP contribution in [0.5, 0.6) is 0 Å². The number of benzene rings is 1. The topological polar surface area (TPSA) is 64.3 Å². The zero-order valence-electron chi connectivity index (χ0n) is 10.6. The van der Waals surface area contributed by atoms with Gasteiger partial charge in [-0.1, -0.05) is 6.92 Å². The summed E-state index contributed by atoms with van der Waals surface area (Å²) in [4.78, 5) is 12.3. The van der Waals surface area contributed by atoms with Crippen molar-refractivity contribution in [1.29, 1.82) is 0 Å². The van der Waals surface area contributed by atoms with E-state index in [2.05, 4.69) is 37.2 Å². The highest BCUT2D eigenvalue weighted by atomic mass is 79.9. The maximum Gasteiger partial charge on any atom is 0.230 e. The second-order valence-electron chi connectivity index (χ2n) is 4.56. The Balaban J connectivity index is 2.15. The molecule has 4 nitrogen and oxygen atoms in total. The van der Waals surface area contributed by atoms with Gasteiger partial charge in [-0.15, -0.1) is 0 Å². The molecule has 2 rings (SSSR count). The lowest BCUT2D eigenvalue weighted by molar-refractivity contribution is -0.121. The number of halogens is 2. The average molecular weight is 392 g/mol. The van der Waals surface area contributed by atoms with Gasteiger partial charge in [-0.25, -0.2) is 0 Å². The molecule has 0 radical (unpaired) electrons. The molecule has 104 valence electrons. The molecule has 0 bridgehead atoms. The largest absolute Gasteiger partial charge is 0.399 e. The van der Waals surface area contributed by atoms with Crippen molar-refractivity contribution in [2.75, 3.05) is 17.7 Å². The quantitative estimate of drug-likeness (QED) is 0.774. The first-order valence-electron chi connectivity index (χ1n) is 6.20. The minimum Gasteiger partial charge on any atom is -0.399 e. The Morgan fingerprint density at radius 3 is 2.68 bits per heavy atom. The summed E-state index contributed by atoms with van der Waals surface area (Å²) in [5.41, 5.74) is 7.07. The molecule has 1 aromatic rings. The summed E-state index contributed by atoms with van der Waals surface area (Å²) < 4.78 is 7.08. The molecule has 1 heterocycles. The van der Waals surface area contributed by atoms with E-state index in [1.165, 1.54) is 0 Å². The van der Waals surface area contributed by atoms with E-state index >= 15 is 0 Å². The number of hydrogen-bond donors (Lipinski definition) is 2. The third-order valence-corrected chi connectivity index (χ3v) is 4.51. The van der Waals surface area contributed by atoms with Gasteiger partial charge in [-0.05, 0) is 56.8 Å². The highest BCUT2D eigenvalue weighted by Crippen LogP contribution is 2.34. The number of nitrogens with one attached hydrogen (secondary N) is 1. The standard InChI is InChI=1S/C13H16Br2N2O2/c1-2-11-8(3-4-19-11)13(18)17-12-9(14)5-7(16)6-10(12)15/h5-6,8,11H,2-4,16H2,1H3,(H,17,18). The number of carbonyl (C=O) groups is 1. The molecule has 2 atom stereocenters. The third-order valence-electron chi connectivity index (χ3n) is 3.26. The molecule has 2 unspecified atom stereocenters. The highest BCUT2D eigenvalue weighted by Gasteiger charge is 2.33. The molecule has 1 fully saturated rings. The molecule has 0 saturated carbocycles. The number of ether oxygens (including phenoxy) is 1. The lowest BCUT2D eigenvalue weighted by Crippen LogP contribution is -2.29. The van der Waals surface area contributed by atoms with Gasteiger partial charge in [-0.3, -0.25) is 4.79 Å². The molecule has 6 heteroatoms. The zero-order chi connectivity index (χ0) is 14.0. The minimum atomic E-state index is -0.0821. The van der Waals surface area contributed by atoms with Crippen LogP contribution in [0.4, 0.5) is 11.4 Å². The minimum absolute atomic E-state index is 0.00415. The van der Waals surface area contributed by atoms with E-state index in [1.807, 2.05) is 6.92 Å². The van der Waals surface area contributed by atoms with E-state index < -0.39 is 0 Å². The molecule has 19 heavy (non-hydrogen) atoms. The Hall–Kier alpha value is -0.590. The second-order valence-corrected chi connectivity index (χ2v) is 6.27. The van der Waals surface area contributed by atoms with Gasteiger partial charge in [0.1, 0.15) is 0 Å². The van der Waals surface area contributed by atoms with Crippen molar-refractivity contribution in [2.45, 2.75) is 25.9 Å². The van der Waals surface area contributed by atoms with Crippen molar-refractivity contribution in [3.8, 4) is 0 Å². The Kier molecular flexibility index (Phi) is 4.86. The van der Waals surface area contributed by atoms with Crippen LogP contribution in [0.3, 0.4) is 0 Å². The Morgan fingerprint density at radius 1 is 1.47 bits per heavy atom. The van der Waals surface area contributed by atoms with Gasteiger partial charge < -0.3 is 15.8 Å². The molecular weight excluding hydrogens is 376 g/mol. The van der Waals surface area contributed by atoms with E-state index in [1.54, 1.807) is 12.1 Å². The number of nitrogen functional groups attached to an aromatic ring is 1. The molecule has 0 aromatic heterocycles. The molecule has 1 amide bonds. The second kappa shape index (κ2) is 6.24. The van der Waals surface area contributed by atoms with Crippen LogP contribution in [0.2, 0.25) is 0 Å². The van der Waals surface area contributed by atoms with Gasteiger partial charge in [0.2, 0.25) is 5.91 Å². The fourth-order valence-corrected chi connectivity index (χ4v) is 3.70. The summed E-state index contributed by atoms with van der Waals surface area (Å²) in [6.07, 6.45) is 1.64. The van der Waals surface area contributed by atoms with Crippen molar-refractivity contribution in [3.05, 3.63) is 21.1 Å². The fraction of sp³-hybridized carbons (Fsp3) is 0.462. The Labute approximate surface area is 129 Å². The summed E-state index contributed by atoms with van der Waals surface area (Å²) in [5.74, 6) is -0.0862. The van der Waals surface area contributed by atoms with Gasteiger partial charge in [-0.2, -0.15) is 0 Å². The van der Waals surface area contributed by atoms with E-state index in [9.17, 15) is 4.79 Å². The lowest BCUT2D eigenvalue weighted by Gasteiger charge is -2.18. The van der Waals surface area contributed by atoms with Crippen LogP contribution in [0.15, 0.2) is 21.1 Å². The third kappa shape index (κ3) is 3.30. The zero-order valence-corrected chi connectivity index (χ0v) is 13.8. The summed E-state index contributed by atoms with van der Waals surface area (Å²) in [6.45, 7) is 2.69. The average Bonchev–Trinajstić information content (AvgIpc) is 2.81. The van der Waals surface area contributed by atoms with Gasteiger partial charge >= 0.3 is 0 Å². The van der Waals surface area contributed by atoms with E-state index in [4.69, 9.17) is 10.5 Å². The van der Waals surface area contributed by atoms with E-state index in [0.717, 1.165) is 21.8 Å². The fourth-order valence-electron chi connectivity index (χ4n) is 2.28. The first kappa shape index (κ1) is 14.8. The number of anilines is 2. The SMILES string of the molecule is CCC1OCCC1C(=O)Nc1c(Br)cc(N)cc1Br. The summed E-state index contributed by atoms with van der Waals surface area (Å²) in [5, 5.41) is 2.94. The number of carbonyl (C=O) groups excluding carboxylic acids is 1. The van der Waals surface area contributed by atoms with Crippen molar-refractivity contribution < 1.29 is 9.53 Å². The Bertz CT molecular complexity index is 471. The van der Waals surface area contributed by atoms with Crippen molar-refractivity contribution in [3.63, 3.8) is 0 Å². The van der Waals surface area contributed by atoms with Gasteiger partial charge in [0.25, 0.3) is 0 Å². The normalized spacial score (nSPS) is 22.5. The van der Waals surface area contributed by atoms with Crippen molar-refractivity contribution in [1.82, 2.24) is 0 Å². The van der Waals surface area contributed by atoms with Crippen molar-refractivity contribution >= 4 is 49.1 Å². The monoisotopic (exact) mass is 390 g/mol. The first-order chi connectivity index (χ1) is 9.02. The van der Waals surface area contributed by atoms with Crippen LogP contribution >= 0.6 is 31.9 Å². The van der Waals surface area contributed by atoms with E-state index in [0.29, 0.717) is 18.0 Å². The van der Waals surface area contributed by atoms with Gasteiger partial charge in [0.05, 0.1) is 17.7 Å². The van der Waals surface area contributed by atoms with Crippen LogP contribution < -0.4 is 11.1 Å².